The van der Waals surface area contributed by atoms with Crippen LogP contribution in [0.25, 0.3) is 0 Å². The van der Waals surface area contributed by atoms with Gasteiger partial charge < -0.3 is 29.0 Å². The highest BCUT2D eigenvalue weighted by molar-refractivity contribution is 9.10. The Kier molecular flexibility index (Phi) is 9.11. The second kappa shape index (κ2) is 13.0. The molecule has 0 spiro atoms. The Labute approximate surface area is 259 Å². The van der Waals surface area contributed by atoms with Crippen molar-refractivity contribution in [1.29, 1.82) is 0 Å². The first-order valence-corrected chi connectivity index (χ1v) is 14.7. The van der Waals surface area contributed by atoms with Crippen molar-refractivity contribution in [2.24, 2.45) is 0 Å². The van der Waals surface area contributed by atoms with Crippen LogP contribution in [-0.4, -0.2) is 40.2 Å². The molecular formula is C34H34BrNO7. The quantitative estimate of drug-likeness (QED) is 0.260. The maximum absolute atomic E-state index is 14.1. The third-order valence-corrected chi connectivity index (χ3v) is 8.64. The first-order valence-electron chi connectivity index (χ1n) is 13.9. The Hall–Kier alpha value is -4.24. The average Bonchev–Trinajstić information content (AvgIpc) is 3.02. The van der Waals surface area contributed by atoms with Gasteiger partial charge in [-0.25, -0.2) is 4.79 Å². The van der Waals surface area contributed by atoms with E-state index in [0.29, 0.717) is 56.3 Å². The van der Waals surface area contributed by atoms with Crippen LogP contribution in [0.4, 0.5) is 0 Å². The van der Waals surface area contributed by atoms with Crippen molar-refractivity contribution in [3.8, 4) is 23.0 Å². The Balaban J connectivity index is 1.58. The Morgan fingerprint density at radius 3 is 2.19 bits per heavy atom. The lowest BCUT2D eigenvalue weighted by Crippen LogP contribution is -2.36. The number of allylic oxidation sites excluding steroid dienone is 3. The molecule has 3 aromatic rings. The number of methoxy groups -OCH3 is 4. The van der Waals surface area contributed by atoms with Crippen LogP contribution in [0, 0.1) is 0 Å². The summed E-state index contributed by atoms with van der Waals surface area (Å²) in [7, 11) is 6.30. The molecule has 1 heterocycles. The number of dihydropyridines is 1. The molecule has 1 aliphatic heterocycles. The second-order valence-corrected chi connectivity index (χ2v) is 11.3. The largest absolute Gasteiger partial charge is 0.493 e. The van der Waals surface area contributed by atoms with E-state index in [9.17, 15) is 9.59 Å². The van der Waals surface area contributed by atoms with Crippen LogP contribution in [0.3, 0.4) is 0 Å². The van der Waals surface area contributed by atoms with Gasteiger partial charge in [0.05, 0.1) is 34.0 Å². The number of ketones is 1. The number of benzene rings is 3. The number of esters is 1. The molecule has 0 radical (unpaired) electrons. The van der Waals surface area contributed by atoms with Gasteiger partial charge in [0, 0.05) is 33.8 Å². The van der Waals surface area contributed by atoms with Gasteiger partial charge in [-0.3, -0.25) is 4.79 Å². The summed E-state index contributed by atoms with van der Waals surface area (Å²) in [6, 6.07) is 18.8. The van der Waals surface area contributed by atoms with Gasteiger partial charge in [0.1, 0.15) is 6.61 Å². The predicted octanol–water partition coefficient (Wildman–Crippen LogP) is 6.59. The molecule has 2 atom stereocenters. The van der Waals surface area contributed by atoms with E-state index in [1.165, 1.54) is 0 Å². The summed E-state index contributed by atoms with van der Waals surface area (Å²) in [4.78, 5) is 27.9. The third-order valence-electron chi connectivity index (χ3n) is 7.95. The average molecular weight is 649 g/mol. The van der Waals surface area contributed by atoms with E-state index in [-0.39, 0.29) is 24.7 Å². The topological polar surface area (TPSA) is 92.3 Å². The van der Waals surface area contributed by atoms with E-state index in [4.69, 9.17) is 23.7 Å². The lowest BCUT2D eigenvalue weighted by atomic mass is 9.71. The lowest BCUT2D eigenvalue weighted by molar-refractivity contribution is -0.140. The van der Waals surface area contributed by atoms with Crippen molar-refractivity contribution in [2.45, 2.75) is 38.2 Å². The van der Waals surface area contributed by atoms with Gasteiger partial charge in [0.25, 0.3) is 0 Å². The molecule has 0 saturated heterocycles. The number of ether oxygens (including phenoxy) is 5. The number of Topliss-reactive ketones (excluding diaryl/α,β-unsaturated/α-hetero) is 1. The van der Waals surface area contributed by atoms with Crippen LogP contribution in [0.15, 0.2) is 87.7 Å². The monoisotopic (exact) mass is 647 g/mol. The van der Waals surface area contributed by atoms with Crippen LogP contribution >= 0.6 is 15.9 Å². The van der Waals surface area contributed by atoms with Crippen molar-refractivity contribution in [1.82, 2.24) is 5.32 Å². The van der Waals surface area contributed by atoms with Gasteiger partial charge >= 0.3 is 5.97 Å². The Morgan fingerprint density at radius 1 is 0.860 bits per heavy atom. The molecule has 3 aromatic carbocycles. The van der Waals surface area contributed by atoms with Crippen molar-refractivity contribution >= 4 is 27.7 Å². The normalized spacial score (nSPS) is 18.0. The summed E-state index contributed by atoms with van der Waals surface area (Å²) in [6.07, 6.45) is 0.838. The summed E-state index contributed by atoms with van der Waals surface area (Å²) in [6.45, 7) is 1.95. The minimum absolute atomic E-state index is 0.0546. The van der Waals surface area contributed by atoms with E-state index in [1.54, 1.807) is 34.5 Å². The number of halogens is 1. The molecule has 0 saturated carbocycles. The molecule has 0 bridgehead atoms. The summed E-state index contributed by atoms with van der Waals surface area (Å²) in [5.41, 5.74) is 4.87. The van der Waals surface area contributed by atoms with Crippen molar-refractivity contribution in [3.05, 3.63) is 104 Å². The fourth-order valence-corrected chi connectivity index (χ4v) is 6.41. The molecule has 1 aliphatic carbocycles. The van der Waals surface area contributed by atoms with Crippen molar-refractivity contribution < 1.29 is 33.3 Å². The van der Waals surface area contributed by atoms with E-state index in [0.717, 1.165) is 16.8 Å². The van der Waals surface area contributed by atoms with E-state index in [1.807, 2.05) is 61.5 Å². The summed E-state index contributed by atoms with van der Waals surface area (Å²) >= 11 is 3.68. The fraction of sp³-hybridized carbons (Fsp3) is 0.294. The first kappa shape index (κ1) is 30.2. The maximum atomic E-state index is 14.1. The number of rotatable bonds is 9. The molecule has 0 unspecified atom stereocenters. The molecule has 5 rings (SSSR count). The van der Waals surface area contributed by atoms with Gasteiger partial charge in [-0.15, -0.1) is 0 Å². The van der Waals surface area contributed by atoms with Gasteiger partial charge in [-0.2, -0.15) is 0 Å². The molecule has 224 valence electrons. The van der Waals surface area contributed by atoms with Gasteiger partial charge in [-0.1, -0.05) is 52.3 Å². The van der Waals surface area contributed by atoms with Gasteiger partial charge in [-0.05, 0) is 60.2 Å². The lowest BCUT2D eigenvalue weighted by Gasteiger charge is -2.37. The number of nitrogens with one attached hydrogen (secondary N) is 1. The molecule has 1 N–H and O–H groups in total. The standard InChI is InChI=1S/C34H34BrNO7/c1-19-31(34(38)43-18-20-9-7-6-8-10-20)32(23-16-29(41-4)30(42-5)17-24(23)35)33-25(36-19)13-22(14-26(33)37)21-11-12-27(39-2)28(15-21)40-3/h6-12,15-17,22,32,36H,13-14,18H2,1-5H3/t22-,32+/m0/s1. The minimum Gasteiger partial charge on any atom is -0.493 e. The predicted molar refractivity (Wildman–Crippen MR) is 166 cm³/mol. The SMILES string of the molecule is COc1ccc([C@@H]2CC(=O)C3=C(C2)NC(C)=C(C(=O)OCc2ccccc2)[C@H]3c2cc(OC)c(OC)cc2Br)cc1OC. The molecule has 0 amide bonds. The van der Waals surface area contributed by atoms with Gasteiger partial charge in [0.2, 0.25) is 0 Å². The Bertz CT molecular complexity index is 1610. The summed E-state index contributed by atoms with van der Waals surface area (Å²) < 4.78 is 28.5. The highest BCUT2D eigenvalue weighted by Gasteiger charge is 2.42. The van der Waals surface area contributed by atoms with Gasteiger partial charge in [0.15, 0.2) is 28.8 Å². The fourth-order valence-electron chi connectivity index (χ4n) is 5.86. The second-order valence-electron chi connectivity index (χ2n) is 10.4. The van der Waals surface area contributed by atoms with E-state index in [2.05, 4.69) is 21.2 Å². The molecule has 0 aromatic heterocycles. The smallest absolute Gasteiger partial charge is 0.337 e. The van der Waals surface area contributed by atoms with Crippen LogP contribution < -0.4 is 24.3 Å². The van der Waals surface area contributed by atoms with Crippen LogP contribution in [0.2, 0.25) is 0 Å². The van der Waals surface area contributed by atoms with Crippen molar-refractivity contribution in [3.63, 3.8) is 0 Å². The van der Waals surface area contributed by atoms with Crippen LogP contribution in [0.5, 0.6) is 23.0 Å². The number of carbonyl (C=O) groups excluding carboxylic acids is 2. The molecule has 2 aliphatic rings. The highest BCUT2D eigenvalue weighted by atomic mass is 79.9. The van der Waals surface area contributed by atoms with Crippen molar-refractivity contribution in [2.75, 3.05) is 28.4 Å². The first-order chi connectivity index (χ1) is 20.8. The highest BCUT2D eigenvalue weighted by Crippen LogP contribution is 2.49. The maximum Gasteiger partial charge on any atom is 0.337 e. The third kappa shape index (κ3) is 5.99. The van der Waals surface area contributed by atoms with E-state index < -0.39 is 11.9 Å². The number of hydrogen-bond donors (Lipinski definition) is 1. The van der Waals surface area contributed by atoms with Crippen LogP contribution in [0.1, 0.15) is 48.3 Å². The van der Waals surface area contributed by atoms with Crippen LogP contribution in [-0.2, 0) is 20.9 Å². The zero-order valence-electron chi connectivity index (χ0n) is 24.8. The Morgan fingerprint density at radius 2 is 1.51 bits per heavy atom. The number of carbonyl (C=O) groups is 2. The summed E-state index contributed by atoms with van der Waals surface area (Å²) in [5.74, 6) is 0.916. The number of hydrogen-bond acceptors (Lipinski definition) is 8. The van der Waals surface area contributed by atoms with E-state index >= 15 is 0 Å². The minimum atomic E-state index is -0.687. The molecular weight excluding hydrogens is 614 g/mol. The zero-order valence-corrected chi connectivity index (χ0v) is 26.4. The summed E-state index contributed by atoms with van der Waals surface area (Å²) in [5, 5.41) is 3.41. The molecule has 8 nitrogen and oxygen atoms in total. The molecule has 43 heavy (non-hydrogen) atoms. The molecule has 9 heteroatoms. The zero-order chi connectivity index (χ0) is 30.7. The molecule has 0 fully saturated rings.